The average Bonchev–Trinajstić information content (AvgIpc) is 3.32. The van der Waals surface area contributed by atoms with E-state index in [9.17, 15) is 9.59 Å². The molecule has 0 bridgehead atoms. The first-order chi connectivity index (χ1) is 17.0. The number of amides is 2. The highest BCUT2D eigenvalue weighted by Crippen LogP contribution is 2.25. The van der Waals surface area contributed by atoms with Gasteiger partial charge in [-0.05, 0) is 50.3 Å². The SMILES string of the molecule is CCCCCC(=O)N(CC(=O)N(Cc1cccn1Cc1ccccc1)C1CCCCC1)C(C)CC. The van der Waals surface area contributed by atoms with Crippen LogP contribution in [0.2, 0.25) is 0 Å². The number of aromatic nitrogens is 1. The molecule has 0 spiro atoms. The summed E-state index contributed by atoms with van der Waals surface area (Å²) in [5, 5.41) is 0. The summed E-state index contributed by atoms with van der Waals surface area (Å²) in [7, 11) is 0. The predicted molar refractivity (Wildman–Crippen MR) is 143 cm³/mol. The van der Waals surface area contributed by atoms with Crippen molar-refractivity contribution >= 4 is 11.8 Å². The Kier molecular flexibility index (Phi) is 10.9. The van der Waals surface area contributed by atoms with Gasteiger partial charge in [0.05, 0.1) is 6.54 Å². The van der Waals surface area contributed by atoms with E-state index >= 15 is 0 Å². The summed E-state index contributed by atoms with van der Waals surface area (Å²) in [4.78, 5) is 30.8. The molecular weight excluding hydrogens is 434 g/mol. The van der Waals surface area contributed by atoms with Crippen molar-refractivity contribution in [2.24, 2.45) is 0 Å². The van der Waals surface area contributed by atoms with E-state index in [-0.39, 0.29) is 30.4 Å². The molecular formula is C30H45N3O2. The Balaban J connectivity index is 1.77. The van der Waals surface area contributed by atoms with Gasteiger partial charge in [0.2, 0.25) is 11.8 Å². The van der Waals surface area contributed by atoms with Gasteiger partial charge in [-0.25, -0.2) is 0 Å². The summed E-state index contributed by atoms with van der Waals surface area (Å²) in [5.41, 5.74) is 2.40. The molecule has 1 aliphatic carbocycles. The fraction of sp³-hybridized carbons (Fsp3) is 0.600. The second-order valence-electron chi connectivity index (χ2n) is 10.2. The van der Waals surface area contributed by atoms with Gasteiger partial charge in [-0.3, -0.25) is 9.59 Å². The summed E-state index contributed by atoms with van der Waals surface area (Å²) in [5.74, 6) is 0.214. The van der Waals surface area contributed by atoms with Crippen LogP contribution >= 0.6 is 0 Å². The van der Waals surface area contributed by atoms with Crippen molar-refractivity contribution in [2.45, 2.75) is 110 Å². The fourth-order valence-electron chi connectivity index (χ4n) is 5.13. The molecule has 1 heterocycles. The maximum Gasteiger partial charge on any atom is 0.242 e. The lowest BCUT2D eigenvalue weighted by Gasteiger charge is -2.37. The van der Waals surface area contributed by atoms with Crippen LogP contribution in [0.25, 0.3) is 0 Å². The molecule has 5 heteroatoms. The van der Waals surface area contributed by atoms with Crippen LogP contribution in [0.15, 0.2) is 48.7 Å². The molecule has 1 aromatic heterocycles. The number of carbonyl (C=O) groups excluding carboxylic acids is 2. The van der Waals surface area contributed by atoms with Crippen molar-refractivity contribution in [1.29, 1.82) is 0 Å². The number of unbranched alkanes of at least 4 members (excludes halogenated alkanes) is 2. The number of hydrogen-bond donors (Lipinski definition) is 0. The second-order valence-corrected chi connectivity index (χ2v) is 10.2. The third kappa shape index (κ3) is 7.98. The molecule has 3 rings (SSSR count). The van der Waals surface area contributed by atoms with E-state index in [1.54, 1.807) is 0 Å². The van der Waals surface area contributed by atoms with Crippen molar-refractivity contribution in [3.05, 3.63) is 59.9 Å². The number of benzene rings is 1. The summed E-state index contributed by atoms with van der Waals surface area (Å²) in [6.45, 7) is 7.90. The Morgan fingerprint density at radius 1 is 0.971 bits per heavy atom. The summed E-state index contributed by atoms with van der Waals surface area (Å²) < 4.78 is 2.25. The molecule has 35 heavy (non-hydrogen) atoms. The Hall–Kier alpha value is -2.56. The number of carbonyl (C=O) groups is 2. The van der Waals surface area contributed by atoms with Crippen molar-refractivity contribution in [3.8, 4) is 0 Å². The second kappa shape index (κ2) is 14.1. The zero-order chi connectivity index (χ0) is 25.0. The predicted octanol–water partition coefficient (Wildman–Crippen LogP) is 6.41. The minimum absolute atomic E-state index is 0.0724. The lowest BCUT2D eigenvalue weighted by Crippen LogP contribution is -2.49. The molecule has 2 aromatic rings. The molecule has 1 unspecified atom stereocenters. The molecule has 1 fully saturated rings. The van der Waals surface area contributed by atoms with Crippen molar-refractivity contribution in [2.75, 3.05) is 6.54 Å². The van der Waals surface area contributed by atoms with Crippen LogP contribution in [0.1, 0.15) is 96.2 Å². The van der Waals surface area contributed by atoms with E-state index in [0.29, 0.717) is 13.0 Å². The lowest BCUT2D eigenvalue weighted by atomic mass is 9.94. The Morgan fingerprint density at radius 3 is 2.40 bits per heavy atom. The maximum absolute atomic E-state index is 13.8. The molecule has 1 saturated carbocycles. The highest BCUT2D eigenvalue weighted by atomic mass is 16.2. The minimum atomic E-state index is 0.0724. The van der Waals surface area contributed by atoms with Crippen molar-refractivity contribution in [3.63, 3.8) is 0 Å². The van der Waals surface area contributed by atoms with Crippen molar-refractivity contribution in [1.82, 2.24) is 14.4 Å². The third-order valence-electron chi connectivity index (χ3n) is 7.53. The van der Waals surface area contributed by atoms with Gasteiger partial charge in [0.1, 0.15) is 6.54 Å². The van der Waals surface area contributed by atoms with Gasteiger partial charge in [-0.15, -0.1) is 0 Å². The molecule has 5 nitrogen and oxygen atoms in total. The van der Waals surface area contributed by atoms with Crippen LogP contribution in [0.3, 0.4) is 0 Å². The van der Waals surface area contributed by atoms with Crippen LogP contribution in [0.4, 0.5) is 0 Å². The van der Waals surface area contributed by atoms with E-state index < -0.39 is 0 Å². The van der Waals surface area contributed by atoms with E-state index in [1.165, 1.54) is 24.8 Å². The van der Waals surface area contributed by atoms with Gasteiger partial charge >= 0.3 is 0 Å². The van der Waals surface area contributed by atoms with Gasteiger partial charge in [-0.1, -0.05) is 76.3 Å². The molecule has 0 radical (unpaired) electrons. The van der Waals surface area contributed by atoms with E-state index in [4.69, 9.17) is 0 Å². The molecule has 2 amide bonds. The van der Waals surface area contributed by atoms with Gasteiger partial charge in [0, 0.05) is 36.9 Å². The van der Waals surface area contributed by atoms with Crippen molar-refractivity contribution < 1.29 is 9.59 Å². The van der Waals surface area contributed by atoms with Crippen LogP contribution < -0.4 is 0 Å². The van der Waals surface area contributed by atoms with Gasteiger partial charge in [-0.2, -0.15) is 0 Å². The number of nitrogens with zero attached hydrogens (tertiary/aromatic N) is 3. The molecule has 0 saturated heterocycles. The number of rotatable bonds is 13. The van der Waals surface area contributed by atoms with E-state index in [0.717, 1.165) is 50.8 Å². The van der Waals surface area contributed by atoms with Crippen LogP contribution in [0.5, 0.6) is 0 Å². The van der Waals surface area contributed by atoms with Crippen LogP contribution in [-0.4, -0.2) is 44.8 Å². The largest absolute Gasteiger partial charge is 0.345 e. The maximum atomic E-state index is 13.8. The average molecular weight is 480 g/mol. The summed E-state index contributed by atoms with van der Waals surface area (Å²) >= 11 is 0. The fourth-order valence-corrected chi connectivity index (χ4v) is 5.13. The minimum Gasteiger partial charge on any atom is -0.345 e. The lowest BCUT2D eigenvalue weighted by molar-refractivity contribution is -0.144. The van der Waals surface area contributed by atoms with Gasteiger partial charge < -0.3 is 14.4 Å². The highest BCUT2D eigenvalue weighted by Gasteiger charge is 2.30. The monoisotopic (exact) mass is 479 g/mol. The normalized spacial score (nSPS) is 15.1. The topological polar surface area (TPSA) is 45.6 Å². The first kappa shape index (κ1) is 27.0. The Bertz CT molecular complexity index is 901. The van der Waals surface area contributed by atoms with Crippen LogP contribution in [0, 0.1) is 0 Å². The molecule has 1 aromatic carbocycles. The highest BCUT2D eigenvalue weighted by molar-refractivity contribution is 5.85. The molecule has 1 aliphatic rings. The first-order valence-electron chi connectivity index (χ1n) is 13.8. The summed E-state index contributed by atoms with van der Waals surface area (Å²) in [6, 6.07) is 15.0. The smallest absolute Gasteiger partial charge is 0.242 e. The van der Waals surface area contributed by atoms with E-state index in [1.807, 2.05) is 11.0 Å². The zero-order valence-corrected chi connectivity index (χ0v) is 22.1. The van der Waals surface area contributed by atoms with Gasteiger partial charge in [0.25, 0.3) is 0 Å². The van der Waals surface area contributed by atoms with Crippen LogP contribution in [-0.2, 0) is 22.7 Å². The quantitative estimate of drug-likeness (QED) is 0.312. The molecule has 0 N–H and O–H groups in total. The van der Waals surface area contributed by atoms with Gasteiger partial charge in [0.15, 0.2) is 0 Å². The molecule has 192 valence electrons. The third-order valence-corrected chi connectivity index (χ3v) is 7.53. The molecule has 1 atom stereocenters. The Morgan fingerprint density at radius 2 is 1.71 bits per heavy atom. The Labute approximate surface area is 212 Å². The standard InChI is InChI=1S/C30H45N3O2/c1-4-6-9-20-29(34)32(25(3)5-2)24-30(35)33(27-17-12-8-13-18-27)23-28-19-14-21-31(28)22-26-15-10-7-11-16-26/h7,10-11,14-16,19,21,25,27H,4-6,8-9,12-13,17-18,20,22-24H2,1-3H3. The zero-order valence-electron chi connectivity index (χ0n) is 22.1. The summed E-state index contributed by atoms with van der Waals surface area (Å²) in [6.07, 6.45) is 12.2. The van der Waals surface area contributed by atoms with E-state index in [2.05, 4.69) is 72.8 Å². The molecule has 0 aliphatic heterocycles. The number of hydrogen-bond acceptors (Lipinski definition) is 2. The first-order valence-corrected chi connectivity index (χ1v) is 13.8.